The summed E-state index contributed by atoms with van der Waals surface area (Å²) in [6, 6.07) is 13.4. The minimum Gasteiger partial charge on any atom is -0.490 e. The van der Waals surface area contributed by atoms with Crippen molar-refractivity contribution < 1.29 is 19.0 Å². The van der Waals surface area contributed by atoms with E-state index in [2.05, 4.69) is 20.9 Å². The second kappa shape index (κ2) is 10.5. The van der Waals surface area contributed by atoms with E-state index >= 15 is 0 Å². The van der Waals surface area contributed by atoms with Gasteiger partial charge >= 0.3 is 5.97 Å². The molecule has 2 aliphatic rings. The van der Waals surface area contributed by atoms with Gasteiger partial charge in [0, 0.05) is 10.7 Å². The average molecular weight is 529 g/mol. The predicted octanol–water partition coefficient (Wildman–Crippen LogP) is 6.19. The summed E-state index contributed by atoms with van der Waals surface area (Å²) >= 11 is 5.24. The van der Waals surface area contributed by atoms with Gasteiger partial charge in [0.15, 0.2) is 16.7 Å². The summed E-state index contributed by atoms with van der Waals surface area (Å²) in [7, 11) is 0. The number of fused-ring (bicyclic) bond motifs is 1. The molecule has 2 aromatic carbocycles. The molecule has 4 rings (SSSR count). The zero-order chi connectivity index (χ0) is 23.4. The third kappa shape index (κ3) is 4.96. The highest BCUT2D eigenvalue weighted by molar-refractivity contribution is 9.10. The van der Waals surface area contributed by atoms with Crippen LogP contribution in [0.2, 0.25) is 0 Å². The fraction of sp³-hybridized carbons (Fsp3) is 0.280. The Bertz CT molecular complexity index is 1130. The molecule has 0 radical (unpaired) electrons. The normalized spacial score (nSPS) is 17.0. The quantitative estimate of drug-likeness (QED) is 0.380. The smallest absolute Gasteiger partial charge is 0.338 e. The number of halogens is 1. The van der Waals surface area contributed by atoms with Crippen LogP contribution in [0.4, 0.5) is 0 Å². The van der Waals surface area contributed by atoms with Crippen molar-refractivity contribution in [3.63, 3.8) is 0 Å². The first-order chi connectivity index (χ1) is 16.0. The van der Waals surface area contributed by atoms with Crippen LogP contribution in [0.3, 0.4) is 0 Å². The Morgan fingerprint density at radius 3 is 2.61 bits per heavy atom. The maximum Gasteiger partial charge on any atom is 0.338 e. The Morgan fingerprint density at radius 1 is 1.12 bits per heavy atom. The predicted molar refractivity (Wildman–Crippen MR) is 134 cm³/mol. The number of amidine groups is 1. The van der Waals surface area contributed by atoms with Crippen molar-refractivity contribution in [2.45, 2.75) is 33.4 Å². The van der Waals surface area contributed by atoms with Gasteiger partial charge in [0.1, 0.15) is 6.61 Å². The molecule has 2 aliphatic heterocycles. The summed E-state index contributed by atoms with van der Waals surface area (Å²) in [6.45, 7) is 6.78. The molecule has 0 aromatic heterocycles. The summed E-state index contributed by atoms with van der Waals surface area (Å²) in [5.74, 6) is 0.875. The number of carbonyl (C=O) groups excluding carboxylic acids is 1. The summed E-state index contributed by atoms with van der Waals surface area (Å²) in [5.41, 5.74) is 3.09. The molecule has 33 heavy (non-hydrogen) atoms. The molecule has 1 atom stereocenters. The van der Waals surface area contributed by atoms with Crippen molar-refractivity contribution in [1.82, 2.24) is 4.90 Å². The molecular formula is C25H25BrN2O4S. The van der Waals surface area contributed by atoms with Crippen LogP contribution in [0, 0.1) is 0 Å². The molecule has 0 fully saturated rings. The van der Waals surface area contributed by atoms with E-state index in [-0.39, 0.29) is 5.97 Å². The zero-order valence-corrected chi connectivity index (χ0v) is 21.1. The van der Waals surface area contributed by atoms with Crippen LogP contribution in [0.5, 0.6) is 11.5 Å². The van der Waals surface area contributed by atoms with Crippen LogP contribution in [0.15, 0.2) is 74.8 Å². The standard InChI is InChI=1S/C25H25BrN2O4S/c1-4-30-20-13-18(19(26)14-21(20)32-15-17-9-7-6-8-10-17)23-22(24(29)31-5-2)16(3)27-25-28(23)11-12-33-25/h6-14,23H,4-5,15H2,1-3H3/t23-/m0/s1. The molecule has 2 heterocycles. The fourth-order valence-electron chi connectivity index (χ4n) is 3.75. The van der Waals surface area contributed by atoms with E-state index < -0.39 is 6.04 Å². The van der Waals surface area contributed by atoms with Crippen molar-refractivity contribution in [3.05, 3.63) is 80.9 Å². The maximum absolute atomic E-state index is 13.0. The van der Waals surface area contributed by atoms with Gasteiger partial charge in [-0.25, -0.2) is 9.79 Å². The summed E-state index contributed by atoms with van der Waals surface area (Å²) in [6.07, 6.45) is 1.94. The highest BCUT2D eigenvalue weighted by Crippen LogP contribution is 2.46. The van der Waals surface area contributed by atoms with Crippen LogP contribution >= 0.6 is 27.7 Å². The first-order valence-electron chi connectivity index (χ1n) is 10.7. The number of aliphatic imine (C=N–C) groups is 1. The summed E-state index contributed by atoms with van der Waals surface area (Å²) in [5, 5.41) is 2.78. The first kappa shape index (κ1) is 23.4. The molecule has 0 unspecified atom stereocenters. The lowest BCUT2D eigenvalue weighted by Gasteiger charge is -2.34. The number of thioether (sulfide) groups is 1. The highest BCUT2D eigenvalue weighted by Gasteiger charge is 2.39. The molecule has 0 saturated heterocycles. The van der Waals surface area contributed by atoms with Crippen molar-refractivity contribution in [1.29, 1.82) is 0 Å². The van der Waals surface area contributed by atoms with E-state index in [9.17, 15) is 4.79 Å². The second-order valence-corrected chi connectivity index (χ2v) is 9.08. The van der Waals surface area contributed by atoms with Crippen LogP contribution < -0.4 is 9.47 Å². The number of allylic oxidation sites excluding steroid dienone is 1. The molecule has 8 heteroatoms. The van der Waals surface area contributed by atoms with Gasteiger partial charge in [-0.2, -0.15) is 0 Å². The van der Waals surface area contributed by atoms with Crippen molar-refractivity contribution >= 4 is 38.8 Å². The Labute approximate surface area is 206 Å². The summed E-state index contributed by atoms with van der Waals surface area (Å²) in [4.78, 5) is 19.6. The maximum atomic E-state index is 13.0. The molecule has 6 nitrogen and oxygen atoms in total. The first-order valence-corrected chi connectivity index (χ1v) is 12.4. The second-order valence-electron chi connectivity index (χ2n) is 7.35. The van der Waals surface area contributed by atoms with Crippen molar-refractivity contribution in [2.75, 3.05) is 13.2 Å². The Morgan fingerprint density at radius 2 is 1.88 bits per heavy atom. The minimum absolute atomic E-state index is 0.293. The van der Waals surface area contributed by atoms with Gasteiger partial charge in [-0.15, -0.1) is 0 Å². The number of rotatable bonds is 8. The number of benzene rings is 2. The van der Waals surface area contributed by atoms with Gasteiger partial charge in [-0.3, -0.25) is 0 Å². The SMILES string of the molecule is CCOC(=O)C1=C(C)N=C2SC=CN2[C@H]1c1cc(OCC)c(OCc2ccccc2)cc1Br. The number of esters is 1. The topological polar surface area (TPSA) is 60.4 Å². The lowest BCUT2D eigenvalue weighted by molar-refractivity contribution is -0.139. The van der Waals surface area contributed by atoms with Gasteiger partial charge in [-0.05, 0) is 49.4 Å². The van der Waals surface area contributed by atoms with Crippen molar-refractivity contribution in [2.24, 2.45) is 4.99 Å². The molecule has 2 aromatic rings. The molecule has 0 N–H and O–H groups in total. The van der Waals surface area contributed by atoms with Crippen LogP contribution in [0.1, 0.15) is 37.9 Å². The van der Waals surface area contributed by atoms with E-state index in [0.29, 0.717) is 42.6 Å². The van der Waals surface area contributed by atoms with Crippen LogP contribution in [0.25, 0.3) is 0 Å². The Balaban J connectivity index is 1.74. The van der Waals surface area contributed by atoms with Crippen molar-refractivity contribution in [3.8, 4) is 11.5 Å². The number of hydrogen-bond acceptors (Lipinski definition) is 7. The molecule has 172 valence electrons. The Kier molecular flexibility index (Phi) is 7.45. The molecule has 0 saturated carbocycles. The van der Waals surface area contributed by atoms with E-state index in [4.69, 9.17) is 14.2 Å². The highest BCUT2D eigenvalue weighted by atomic mass is 79.9. The number of ether oxygens (including phenoxy) is 3. The van der Waals surface area contributed by atoms with E-state index in [1.807, 2.05) is 72.8 Å². The van der Waals surface area contributed by atoms with Gasteiger partial charge in [0.25, 0.3) is 0 Å². The third-order valence-electron chi connectivity index (χ3n) is 5.21. The molecule has 0 bridgehead atoms. The molecule has 0 spiro atoms. The molecule has 0 aliphatic carbocycles. The van der Waals surface area contributed by atoms with Gasteiger partial charge in [-0.1, -0.05) is 58.0 Å². The van der Waals surface area contributed by atoms with Gasteiger partial charge < -0.3 is 19.1 Å². The number of carbonyl (C=O) groups is 1. The number of hydrogen-bond donors (Lipinski definition) is 0. The largest absolute Gasteiger partial charge is 0.490 e. The van der Waals surface area contributed by atoms with Crippen LogP contribution in [-0.2, 0) is 16.1 Å². The summed E-state index contributed by atoms with van der Waals surface area (Å²) < 4.78 is 18.2. The Hall–Kier alpha value is -2.71. The molecule has 0 amide bonds. The monoisotopic (exact) mass is 528 g/mol. The van der Waals surface area contributed by atoms with Crippen LogP contribution in [-0.4, -0.2) is 29.3 Å². The number of nitrogens with zero attached hydrogens (tertiary/aromatic N) is 2. The lowest BCUT2D eigenvalue weighted by atomic mass is 9.94. The zero-order valence-electron chi connectivity index (χ0n) is 18.7. The average Bonchev–Trinajstić information content (AvgIpc) is 3.27. The minimum atomic E-state index is -0.403. The van der Waals surface area contributed by atoms with Gasteiger partial charge in [0.05, 0.1) is 30.5 Å². The van der Waals surface area contributed by atoms with Gasteiger partial charge in [0.2, 0.25) is 0 Å². The van der Waals surface area contributed by atoms with E-state index in [1.165, 1.54) is 11.8 Å². The lowest BCUT2D eigenvalue weighted by Crippen LogP contribution is -2.34. The van der Waals surface area contributed by atoms with E-state index in [0.717, 1.165) is 20.8 Å². The third-order valence-corrected chi connectivity index (χ3v) is 6.67. The fourth-order valence-corrected chi connectivity index (χ4v) is 5.08. The van der Waals surface area contributed by atoms with E-state index in [1.54, 1.807) is 6.92 Å². The molecular weight excluding hydrogens is 504 g/mol.